The summed E-state index contributed by atoms with van der Waals surface area (Å²) in [6.45, 7) is 4.01. The van der Waals surface area contributed by atoms with Crippen LogP contribution in [-0.2, 0) is 16.1 Å². The van der Waals surface area contributed by atoms with E-state index >= 15 is 0 Å². The summed E-state index contributed by atoms with van der Waals surface area (Å²) in [6.07, 6.45) is 0.503. The average Bonchev–Trinajstić information content (AvgIpc) is 2.66. The number of benzene rings is 2. The molecule has 0 aliphatic carbocycles. The number of rotatable bonds is 8. The fraction of sp³-hybridized carbons (Fsp3) is 0.333. The van der Waals surface area contributed by atoms with Gasteiger partial charge in [-0.05, 0) is 31.0 Å². The number of amides is 2. The minimum absolute atomic E-state index is 0.191. The Labute approximate surface area is 165 Å². The Kier molecular flexibility index (Phi) is 7.67. The van der Waals surface area contributed by atoms with Gasteiger partial charge in [-0.3, -0.25) is 9.59 Å². The van der Waals surface area contributed by atoms with Crippen molar-refractivity contribution in [3.8, 4) is 5.75 Å². The highest BCUT2D eigenvalue weighted by Crippen LogP contribution is 2.23. The maximum Gasteiger partial charge on any atom is 0.261 e. The van der Waals surface area contributed by atoms with Crippen LogP contribution in [0.3, 0.4) is 0 Å². The third kappa shape index (κ3) is 5.73. The molecule has 0 radical (unpaired) electrons. The summed E-state index contributed by atoms with van der Waals surface area (Å²) in [5.41, 5.74) is 2.06. The number of aryl methyl sites for hydroxylation is 1. The molecule has 27 heavy (non-hydrogen) atoms. The molecule has 0 bridgehead atoms. The SMILES string of the molecule is CC[C@H](C(=O)NC)N(Cc1cccc(C)c1)C(=O)COc1ccccc1Cl. The van der Waals surface area contributed by atoms with Gasteiger partial charge in [0.05, 0.1) is 5.02 Å². The van der Waals surface area contributed by atoms with E-state index in [0.29, 0.717) is 23.7 Å². The summed E-state index contributed by atoms with van der Waals surface area (Å²) in [5.74, 6) is -0.0286. The van der Waals surface area contributed by atoms with Gasteiger partial charge in [0.2, 0.25) is 5.91 Å². The zero-order valence-electron chi connectivity index (χ0n) is 15.9. The Morgan fingerprint density at radius 3 is 2.56 bits per heavy atom. The molecule has 5 nitrogen and oxygen atoms in total. The maximum absolute atomic E-state index is 12.9. The quantitative estimate of drug-likeness (QED) is 0.751. The molecule has 0 saturated carbocycles. The van der Waals surface area contributed by atoms with Crippen molar-refractivity contribution < 1.29 is 14.3 Å². The number of halogens is 1. The van der Waals surface area contributed by atoms with Crippen molar-refractivity contribution in [1.82, 2.24) is 10.2 Å². The van der Waals surface area contributed by atoms with Crippen LogP contribution in [0.1, 0.15) is 24.5 Å². The number of carbonyl (C=O) groups excluding carboxylic acids is 2. The van der Waals surface area contributed by atoms with Gasteiger partial charge in [-0.25, -0.2) is 0 Å². The van der Waals surface area contributed by atoms with Crippen molar-refractivity contribution in [2.45, 2.75) is 32.9 Å². The topological polar surface area (TPSA) is 58.6 Å². The van der Waals surface area contributed by atoms with Crippen LogP contribution in [0.2, 0.25) is 5.02 Å². The van der Waals surface area contributed by atoms with Crippen LogP contribution >= 0.6 is 11.6 Å². The maximum atomic E-state index is 12.9. The second kappa shape index (κ2) is 9.97. The van der Waals surface area contributed by atoms with Gasteiger partial charge in [-0.2, -0.15) is 0 Å². The fourth-order valence-electron chi connectivity index (χ4n) is 2.88. The van der Waals surface area contributed by atoms with E-state index in [-0.39, 0.29) is 18.4 Å². The molecule has 2 aromatic carbocycles. The van der Waals surface area contributed by atoms with Gasteiger partial charge in [0.15, 0.2) is 6.61 Å². The third-order valence-electron chi connectivity index (χ3n) is 4.26. The van der Waals surface area contributed by atoms with Gasteiger partial charge < -0.3 is 15.0 Å². The molecule has 0 spiro atoms. The van der Waals surface area contributed by atoms with Crippen molar-refractivity contribution in [2.24, 2.45) is 0 Å². The molecule has 2 amide bonds. The first-order valence-electron chi connectivity index (χ1n) is 8.90. The fourth-order valence-corrected chi connectivity index (χ4v) is 3.07. The lowest BCUT2D eigenvalue weighted by molar-refractivity contribution is -0.142. The first-order valence-corrected chi connectivity index (χ1v) is 9.28. The molecule has 2 rings (SSSR count). The zero-order valence-corrected chi connectivity index (χ0v) is 16.6. The number of hydrogen-bond donors (Lipinski definition) is 1. The summed E-state index contributed by atoms with van der Waals surface area (Å²) < 4.78 is 5.59. The van der Waals surface area contributed by atoms with Crippen molar-refractivity contribution in [3.63, 3.8) is 0 Å². The van der Waals surface area contributed by atoms with Gasteiger partial charge in [0.25, 0.3) is 5.91 Å². The molecular formula is C21H25ClN2O3. The Hall–Kier alpha value is -2.53. The summed E-state index contributed by atoms with van der Waals surface area (Å²) in [7, 11) is 1.57. The molecule has 0 aliphatic heterocycles. The van der Waals surface area contributed by atoms with Crippen LogP contribution in [0.4, 0.5) is 0 Å². The van der Waals surface area contributed by atoms with E-state index in [1.54, 1.807) is 36.2 Å². The smallest absolute Gasteiger partial charge is 0.261 e. The van der Waals surface area contributed by atoms with E-state index in [2.05, 4.69) is 5.32 Å². The predicted octanol–water partition coefficient (Wildman–Crippen LogP) is 3.58. The van der Waals surface area contributed by atoms with Crippen molar-refractivity contribution in [3.05, 3.63) is 64.7 Å². The zero-order chi connectivity index (χ0) is 19.8. The molecule has 6 heteroatoms. The van der Waals surface area contributed by atoms with Gasteiger partial charge in [0, 0.05) is 13.6 Å². The molecule has 1 atom stereocenters. The number of carbonyl (C=O) groups is 2. The van der Waals surface area contributed by atoms with Crippen molar-refractivity contribution in [2.75, 3.05) is 13.7 Å². The van der Waals surface area contributed by atoms with Crippen LogP contribution in [0.25, 0.3) is 0 Å². The van der Waals surface area contributed by atoms with E-state index in [4.69, 9.17) is 16.3 Å². The molecule has 0 heterocycles. The molecule has 0 aromatic heterocycles. The molecule has 144 valence electrons. The number of para-hydroxylation sites is 1. The van der Waals surface area contributed by atoms with Crippen molar-refractivity contribution >= 4 is 23.4 Å². The van der Waals surface area contributed by atoms with E-state index in [1.165, 1.54) is 0 Å². The Balaban J connectivity index is 2.20. The van der Waals surface area contributed by atoms with Gasteiger partial charge in [-0.15, -0.1) is 0 Å². The van der Waals surface area contributed by atoms with E-state index in [0.717, 1.165) is 11.1 Å². The van der Waals surface area contributed by atoms with E-state index in [9.17, 15) is 9.59 Å². The highest BCUT2D eigenvalue weighted by Gasteiger charge is 2.28. The highest BCUT2D eigenvalue weighted by atomic mass is 35.5. The first kappa shape index (κ1) is 20.8. The average molecular weight is 389 g/mol. The Morgan fingerprint density at radius 1 is 1.19 bits per heavy atom. The van der Waals surface area contributed by atoms with Crippen LogP contribution in [0.5, 0.6) is 5.75 Å². The predicted molar refractivity (Wildman–Crippen MR) is 107 cm³/mol. The second-order valence-corrected chi connectivity index (χ2v) is 6.68. The normalized spacial score (nSPS) is 11.6. The number of nitrogens with zero attached hydrogens (tertiary/aromatic N) is 1. The van der Waals surface area contributed by atoms with E-state index in [1.807, 2.05) is 38.1 Å². The number of ether oxygens (including phenoxy) is 1. The number of likely N-dealkylation sites (N-methyl/N-ethyl adjacent to an activating group) is 1. The highest BCUT2D eigenvalue weighted by molar-refractivity contribution is 6.32. The molecule has 0 fully saturated rings. The van der Waals surface area contributed by atoms with Gasteiger partial charge >= 0.3 is 0 Å². The molecule has 2 aromatic rings. The monoisotopic (exact) mass is 388 g/mol. The lowest BCUT2D eigenvalue weighted by atomic mass is 10.1. The standard InChI is InChI=1S/C21H25ClN2O3/c1-4-18(21(26)23-3)24(13-16-9-7-8-15(2)12-16)20(25)14-27-19-11-6-5-10-17(19)22/h5-12,18H,4,13-14H2,1-3H3,(H,23,26)/t18-/m1/s1. The molecule has 1 N–H and O–H groups in total. The lowest BCUT2D eigenvalue weighted by Gasteiger charge is -2.30. The third-order valence-corrected chi connectivity index (χ3v) is 4.57. The van der Waals surface area contributed by atoms with Crippen molar-refractivity contribution in [1.29, 1.82) is 0 Å². The Morgan fingerprint density at radius 2 is 1.93 bits per heavy atom. The Bertz CT molecular complexity index is 795. The largest absolute Gasteiger partial charge is 0.482 e. The number of hydrogen-bond acceptors (Lipinski definition) is 3. The van der Waals surface area contributed by atoms with Crippen LogP contribution in [-0.4, -0.2) is 36.4 Å². The number of nitrogens with one attached hydrogen (secondary N) is 1. The molecule has 0 unspecified atom stereocenters. The van der Waals surface area contributed by atoms with Gasteiger partial charge in [-0.1, -0.05) is 60.5 Å². The lowest BCUT2D eigenvalue weighted by Crippen LogP contribution is -2.49. The van der Waals surface area contributed by atoms with Gasteiger partial charge in [0.1, 0.15) is 11.8 Å². The van der Waals surface area contributed by atoms with Crippen LogP contribution in [0.15, 0.2) is 48.5 Å². The minimum Gasteiger partial charge on any atom is -0.482 e. The van der Waals surface area contributed by atoms with Crippen LogP contribution < -0.4 is 10.1 Å². The molecule has 0 saturated heterocycles. The summed E-state index contributed by atoms with van der Waals surface area (Å²) in [6, 6.07) is 14.3. The minimum atomic E-state index is -0.571. The van der Waals surface area contributed by atoms with Crippen LogP contribution in [0, 0.1) is 6.92 Å². The summed E-state index contributed by atoms with van der Waals surface area (Å²) >= 11 is 6.08. The summed E-state index contributed by atoms with van der Waals surface area (Å²) in [4.78, 5) is 26.8. The van der Waals surface area contributed by atoms with E-state index < -0.39 is 6.04 Å². The summed E-state index contributed by atoms with van der Waals surface area (Å²) in [5, 5.41) is 3.08. The second-order valence-electron chi connectivity index (χ2n) is 6.27. The molecular weight excluding hydrogens is 364 g/mol. The molecule has 0 aliphatic rings. The first-order chi connectivity index (χ1) is 13.0.